The minimum Gasteiger partial charge on any atom is -0.306 e. The lowest BCUT2D eigenvalue weighted by Gasteiger charge is -2.08. The van der Waals surface area contributed by atoms with E-state index in [0.717, 1.165) is 5.56 Å². The minimum atomic E-state index is -1.80. The lowest BCUT2D eigenvalue weighted by Crippen LogP contribution is -2.06. The molecule has 12 heavy (non-hydrogen) atoms. The summed E-state index contributed by atoms with van der Waals surface area (Å²) in [5.41, 5.74) is 0.884. The van der Waals surface area contributed by atoms with Crippen molar-refractivity contribution in [3.05, 3.63) is 35.9 Å². The van der Waals surface area contributed by atoms with Gasteiger partial charge in [-0.25, -0.2) is 4.21 Å². The number of hydrogen-bond donors (Lipinski definition) is 1. The summed E-state index contributed by atoms with van der Waals surface area (Å²) in [6.07, 6.45) is 0. The first-order chi connectivity index (χ1) is 5.75. The minimum absolute atomic E-state index is 0.328. The van der Waals surface area contributed by atoms with Crippen LogP contribution in [0.5, 0.6) is 0 Å². The molecule has 0 aliphatic heterocycles. The molecule has 0 spiro atoms. The van der Waals surface area contributed by atoms with Crippen LogP contribution in [0.1, 0.15) is 10.8 Å². The third-order valence-electron chi connectivity index (χ3n) is 1.55. The van der Waals surface area contributed by atoms with Crippen molar-refractivity contribution in [2.75, 3.05) is 5.33 Å². The van der Waals surface area contributed by atoms with E-state index >= 15 is 0 Å². The summed E-state index contributed by atoms with van der Waals surface area (Å²) in [7, 11) is 0. The second-order valence-corrected chi connectivity index (χ2v) is 4.10. The van der Waals surface area contributed by atoms with Gasteiger partial charge in [-0.3, -0.25) is 0 Å². The third kappa shape index (κ3) is 2.40. The van der Waals surface area contributed by atoms with E-state index in [-0.39, 0.29) is 5.25 Å². The van der Waals surface area contributed by atoms with Crippen LogP contribution in [0, 0.1) is 0 Å². The van der Waals surface area contributed by atoms with E-state index < -0.39 is 11.1 Å². The maximum Gasteiger partial charge on any atom is 0.161 e. The monoisotopic (exact) mass is 248 g/mol. The van der Waals surface area contributed by atoms with Gasteiger partial charge in [0.15, 0.2) is 11.1 Å². The van der Waals surface area contributed by atoms with Crippen LogP contribution in [0.15, 0.2) is 30.3 Å². The Balaban J connectivity index is 2.88. The first-order valence-electron chi connectivity index (χ1n) is 3.46. The molecule has 0 radical (unpaired) electrons. The van der Waals surface area contributed by atoms with Crippen molar-refractivity contribution >= 4 is 27.0 Å². The van der Waals surface area contributed by atoms with Gasteiger partial charge in [-0.2, -0.15) is 0 Å². The van der Waals surface area contributed by atoms with Crippen LogP contribution in [0.25, 0.3) is 0 Å². The van der Waals surface area contributed by atoms with E-state index in [0.29, 0.717) is 5.33 Å². The molecule has 4 heteroatoms. The summed E-state index contributed by atoms with van der Waals surface area (Å²) in [4.78, 5) is 0. The smallest absolute Gasteiger partial charge is 0.161 e. The van der Waals surface area contributed by atoms with Crippen molar-refractivity contribution in [1.29, 1.82) is 0 Å². The molecule has 0 saturated heterocycles. The average Bonchev–Trinajstić information content (AvgIpc) is 2.07. The lowest BCUT2D eigenvalue weighted by atomic mass is 10.2. The molecule has 0 amide bonds. The van der Waals surface area contributed by atoms with Gasteiger partial charge in [-0.05, 0) is 5.56 Å². The zero-order valence-corrected chi connectivity index (χ0v) is 8.72. The highest BCUT2D eigenvalue weighted by atomic mass is 79.9. The predicted octanol–water partition coefficient (Wildman–Crippen LogP) is 2.34. The molecule has 1 rings (SSSR count). The Morgan fingerprint density at radius 2 is 2.00 bits per heavy atom. The second kappa shape index (κ2) is 4.74. The van der Waals surface area contributed by atoms with Crippen LogP contribution < -0.4 is 0 Å². The maximum absolute atomic E-state index is 10.8. The van der Waals surface area contributed by atoms with Crippen LogP contribution in [0.2, 0.25) is 0 Å². The van der Waals surface area contributed by atoms with Gasteiger partial charge in [0, 0.05) is 5.33 Å². The van der Waals surface area contributed by atoms with Crippen molar-refractivity contribution in [2.45, 2.75) is 5.25 Å². The van der Waals surface area contributed by atoms with E-state index in [9.17, 15) is 4.21 Å². The Labute approximate surface area is 82.4 Å². The number of benzene rings is 1. The Morgan fingerprint density at radius 1 is 1.42 bits per heavy atom. The summed E-state index contributed by atoms with van der Waals surface area (Å²) in [6.45, 7) is 0. The molecule has 2 unspecified atom stereocenters. The fourth-order valence-electron chi connectivity index (χ4n) is 0.927. The predicted molar refractivity (Wildman–Crippen MR) is 53.7 cm³/mol. The summed E-state index contributed by atoms with van der Waals surface area (Å²) < 4.78 is 19.7. The fourth-order valence-corrected chi connectivity index (χ4v) is 2.48. The second-order valence-electron chi connectivity index (χ2n) is 2.33. The zero-order valence-electron chi connectivity index (χ0n) is 6.31. The molecular weight excluding hydrogens is 240 g/mol. The highest BCUT2D eigenvalue weighted by Gasteiger charge is 2.14. The molecule has 0 aliphatic rings. The van der Waals surface area contributed by atoms with Gasteiger partial charge in [-0.1, -0.05) is 46.3 Å². The summed E-state index contributed by atoms with van der Waals surface area (Å²) in [6, 6.07) is 9.30. The van der Waals surface area contributed by atoms with E-state index in [1.807, 2.05) is 30.3 Å². The van der Waals surface area contributed by atoms with E-state index in [1.165, 1.54) is 0 Å². The normalized spacial score (nSPS) is 15.5. The number of rotatable bonds is 3. The van der Waals surface area contributed by atoms with E-state index in [1.54, 1.807) is 0 Å². The van der Waals surface area contributed by atoms with Gasteiger partial charge in [0.05, 0.1) is 5.25 Å². The van der Waals surface area contributed by atoms with Crippen LogP contribution in [0.4, 0.5) is 0 Å². The molecule has 1 aromatic rings. The Morgan fingerprint density at radius 3 is 2.42 bits per heavy atom. The third-order valence-corrected chi connectivity index (χ3v) is 3.56. The van der Waals surface area contributed by atoms with Gasteiger partial charge in [0.2, 0.25) is 0 Å². The van der Waals surface area contributed by atoms with Gasteiger partial charge in [0.1, 0.15) is 0 Å². The molecular formula is C8H9BrO2S. The van der Waals surface area contributed by atoms with Crippen molar-refractivity contribution in [2.24, 2.45) is 0 Å². The molecule has 2 nitrogen and oxygen atoms in total. The number of halogens is 1. The highest BCUT2D eigenvalue weighted by Crippen LogP contribution is 2.20. The molecule has 0 aliphatic carbocycles. The standard InChI is InChI=1S/C8H9BrO2S/c9-6-8(12(10)11)7-4-2-1-3-5-7/h1-5,8H,6H2,(H,10,11). The average molecular weight is 249 g/mol. The fraction of sp³-hybridized carbons (Fsp3) is 0.250. The Hall–Kier alpha value is -0.190. The van der Waals surface area contributed by atoms with Crippen molar-refractivity contribution in [3.8, 4) is 0 Å². The topological polar surface area (TPSA) is 37.3 Å². The molecule has 0 fully saturated rings. The number of hydrogen-bond acceptors (Lipinski definition) is 1. The molecule has 0 aromatic heterocycles. The first kappa shape index (κ1) is 9.89. The van der Waals surface area contributed by atoms with Crippen molar-refractivity contribution in [1.82, 2.24) is 0 Å². The van der Waals surface area contributed by atoms with Gasteiger partial charge < -0.3 is 4.55 Å². The van der Waals surface area contributed by atoms with E-state index in [2.05, 4.69) is 15.9 Å². The van der Waals surface area contributed by atoms with Crippen LogP contribution in [0.3, 0.4) is 0 Å². The van der Waals surface area contributed by atoms with Crippen LogP contribution in [-0.2, 0) is 11.1 Å². The zero-order chi connectivity index (χ0) is 8.97. The van der Waals surface area contributed by atoms with Gasteiger partial charge in [-0.15, -0.1) is 0 Å². The molecule has 0 saturated carbocycles. The Bertz CT molecular complexity index is 263. The van der Waals surface area contributed by atoms with Crippen LogP contribution >= 0.6 is 15.9 Å². The SMILES string of the molecule is O=S(O)C(CBr)c1ccccc1. The van der Waals surface area contributed by atoms with E-state index in [4.69, 9.17) is 4.55 Å². The molecule has 66 valence electrons. The van der Waals surface area contributed by atoms with Gasteiger partial charge >= 0.3 is 0 Å². The molecule has 2 atom stereocenters. The summed E-state index contributed by atoms with van der Waals surface area (Å²) >= 11 is 1.40. The molecule has 0 bridgehead atoms. The highest BCUT2D eigenvalue weighted by molar-refractivity contribution is 9.09. The van der Waals surface area contributed by atoms with Crippen molar-refractivity contribution < 1.29 is 8.76 Å². The summed E-state index contributed by atoms with van der Waals surface area (Å²) in [5.74, 6) is 0. The van der Waals surface area contributed by atoms with Crippen LogP contribution in [-0.4, -0.2) is 14.1 Å². The van der Waals surface area contributed by atoms with Gasteiger partial charge in [0.25, 0.3) is 0 Å². The maximum atomic E-state index is 10.8. The summed E-state index contributed by atoms with van der Waals surface area (Å²) in [5, 5.41) is 0.173. The molecule has 1 N–H and O–H groups in total. The lowest BCUT2D eigenvalue weighted by molar-refractivity contribution is 0.555. The first-order valence-corrected chi connectivity index (χ1v) is 5.75. The molecule has 1 aromatic carbocycles. The van der Waals surface area contributed by atoms with Crippen molar-refractivity contribution in [3.63, 3.8) is 0 Å². The quantitative estimate of drug-likeness (QED) is 0.659. The Kier molecular flexibility index (Phi) is 3.91. The number of alkyl halides is 1. The largest absolute Gasteiger partial charge is 0.306 e. The molecule has 0 heterocycles.